The van der Waals surface area contributed by atoms with Gasteiger partial charge in [0.2, 0.25) is 6.79 Å². The number of tetrazole rings is 1. The van der Waals surface area contributed by atoms with E-state index >= 15 is 0 Å². The number of nitrogens with one attached hydrogen (secondary N) is 1. The molecule has 0 amide bonds. The highest BCUT2D eigenvalue weighted by atomic mass is 16.7. The van der Waals surface area contributed by atoms with E-state index in [9.17, 15) is 4.79 Å². The number of pyridine rings is 1. The monoisotopic (exact) mass is 524 g/mol. The number of hydrogen-bond acceptors (Lipinski definition) is 8. The highest BCUT2D eigenvalue weighted by Gasteiger charge is 2.18. The average Bonchev–Trinajstić information content (AvgIpc) is 3.58. The Labute approximate surface area is 224 Å². The highest BCUT2D eigenvalue weighted by molar-refractivity contribution is 5.83. The molecule has 0 spiro atoms. The van der Waals surface area contributed by atoms with E-state index in [4.69, 9.17) is 14.2 Å². The lowest BCUT2D eigenvalue weighted by molar-refractivity contribution is 0.174. The predicted octanol–water partition coefficient (Wildman–Crippen LogP) is 3.81. The average molecular weight is 525 g/mol. The summed E-state index contributed by atoms with van der Waals surface area (Å²) in [5.41, 5.74) is 4.59. The molecule has 1 N–H and O–H groups in total. The molecule has 0 saturated carbocycles. The Balaban J connectivity index is 1.28. The van der Waals surface area contributed by atoms with Crippen molar-refractivity contribution in [1.82, 2.24) is 30.1 Å². The summed E-state index contributed by atoms with van der Waals surface area (Å²) in [6.45, 7) is 4.24. The molecule has 0 radical (unpaired) electrons. The Morgan fingerprint density at radius 3 is 2.46 bits per heavy atom. The Kier molecular flexibility index (Phi) is 6.68. The molecule has 198 valence electrons. The quantitative estimate of drug-likeness (QED) is 0.310. The van der Waals surface area contributed by atoms with E-state index in [1.807, 2.05) is 36.4 Å². The molecule has 6 rings (SSSR count). The van der Waals surface area contributed by atoms with Gasteiger partial charge in [0.15, 0.2) is 17.3 Å². The maximum atomic E-state index is 13.1. The highest BCUT2D eigenvalue weighted by Crippen LogP contribution is 2.35. The van der Waals surface area contributed by atoms with Crippen LogP contribution in [0, 0.1) is 6.92 Å². The molecular weight excluding hydrogens is 496 g/mol. The van der Waals surface area contributed by atoms with Crippen LogP contribution in [0.4, 0.5) is 0 Å². The van der Waals surface area contributed by atoms with Crippen LogP contribution >= 0.6 is 0 Å². The van der Waals surface area contributed by atoms with Crippen molar-refractivity contribution >= 4 is 10.9 Å². The van der Waals surface area contributed by atoms with Gasteiger partial charge in [0.05, 0.1) is 25.7 Å². The summed E-state index contributed by atoms with van der Waals surface area (Å²) in [7, 11) is 1.65. The van der Waals surface area contributed by atoms with E-state index < -0.39 is 0 Å². The fraction of sp³-hybridized carbons (Fsp3) is 0.241. The van der Waals surface area contributed by atoms with E-state index in [0.29, 0.717) is 54.6 Å². The number of ether oxygens (including phenoxy) is 3. The van der Waals surface area contributed by atoms with E-state index in [0.717, 1.165) is 22.3 Å². The number of benzene rings is 3. The number of hydrogen-bond donors (Lipinski definition) is 1. The lowest BCUT2D eigenvalue weighted by Crippen LogP contribution is -2.28. The van der Waals surface area contributed by atoms with Gasteiger partial charge in [-0.3, -0.25) is 9.69 Å². The number of aryl methyl sites for hydroxylation is 1. The molecule has 2 aromatic heterocycles. The molecule has 0 aliphatic carbocycles. The molecule has 1 aliphatic rings. The van der Waals surface area contributed by atoms with Crippen molar-refractivity contribution in [3.05, 3.63) is 105 Å². The standard InChI is InChI=1S/C29H28N6O4/c1-19-3-5-20(6-4-19)14-34(17-28-31-32-33-35(28)15-21-7-9-24(37-2)10-8-21)16-23-11-22-12-26-27(39-18-38-26)13-25(22)30-29(23)36/h3-13H,14-18H2,1-2H3,(H,30,36). The first kappa shape index (κ1) is 24.6. The van der Waals surface area contributed by atoms with Crippen LogP contribution in [0.15, 0.2) is 71.5 Å². The van der Waals surface area contributed by atoms with Crippen LogP contribution in [0.25, 0.3) is 10.9 Å². The van der Waals surface area contributed by atoms with Gasteiger partial charge in [0, 0.05) is 30.1 Å². The van der Waals surface area contributed by atoms with Gasteiger partial charge in [-0.1, -0.05) is 42.0 Å². The van der Waals surface area contributed by atoms with E-state index in [1.165, 1.54) is 5.56 Å². The van der Waals surface area contributed by atoms with Gasteiger partial charge < -0.3 is 19.2 Å². The molecule has 0 bridgehead atoms. The van der Waals surface area contributed by atoms with Crippen LogP contribution in [0.5, 0.6) is 17.2 Å². The Bertz CT molecular complexity index is 1660. The first-order valence-corrected chi connectivity index (χ1v) is 12.7. The number of aromatic nitrogens is 5. The topological polar surface area (TPSA) is 107 Å². The third-order valence-electron chi connectivity index (χ3n) is 6.80. The Morgan fingerprint density at radius 2 is 1.69 bits per heavy atom. The maximum Gasteiger partial charge on any atom is 0.252 e. The van der Waals surface area contributed by atoms with Crippen molar-refractivity contribution < 1.29 is 14.2 Å². The number of nitrogens with zero attached hydrogens (tertiary/aromatic N) is 5. The molecule has 10 heteroatoms. The molecule has 3 aromatic carbocycles. The zero-order valence-corrected chi connectivity index (χ0v) is 21.8. The van der Waals surface area contributed by atoms with Crippen molar-refractivity contribution in [3.8, 4) is 17.2 Å². The zero-order valence-electron chi connectivity index (χ0n) is 21.8. The van der Waals surface area contributed by atoms with Gasteiger partial charge in [-0.2, -0.15) is 0 Å². The first-order chi connectivity index (χ1) is 19.0. The first-order valence-electron chi connectivity index (χ1n) is 12.7. The molecule has 1 aliphatic heterocycles. The SMILES string of the molecule is COc1ccc(Cn2nnnc2CN(Cc2ccc(C)cc2)Cc2cc3cc4c(cc3[nH]c2=O)OCO4)cc1. The van der Waals surface area contributed by atoms with Gasteiger partial charge in [0.1, 0.15) is 5.75 Å². The van der Waals surface area contributed by atoms with Gasteiger partial charge in [-0.25, -0.2) is 4.68 Å². The predicted molar refractivity (Wildman–Crippen MR) is 145 cm³/mol. The van der Waals surface area contributed by atoms with Crippen molar-refractivity contribution in [1.29, 1.82) is 0 Å². The summed E-state index contributed by atoms with van der Waals surface area (Å²) in [6.07, 6.45) is 0. The minimum Gasteiger partial charge on any atom is -0.497 e. The van der Waals surface area contributed by atoms with E-state index in [2.05, 4.69) is 56.6 Å². The van der Waals surface area contributed by atoms with Gasteiger partial charge in [0.25, 0.3) is 5.56 Å². The van der Waals surface area contributed by atoms with E-state index in [1.54, 1.807) is 17.9 Å². The lowest BCUT2D eigenvalue weighted by atomic mass is 10.1. The Morgan fingerprint density at radius 1 is 0.949 bits per heavy atom. The van der Waals surface area contributed by atoms with Crippen LogP contribution in [0.1, 0.15) is 28.1 Å². The molecule has 39 heavy (non-hydrogen) atoms. The van der Waals surface area contributed by atoms with E-state index in [-0.39, 0.29) is 12.4 Å². The molecular formula is C29H28N6O4. The third-order valence-corrected chi connectivity index (χ3v) is 6.80. The lowest BCUT2D eigenvalue weighted by Gasteiger charge is -2.22. The zero-order chi connectivity index (χ0) is 26.8. The number of methoxy groups -OCH3 is 1. The second kappa shape index (κ2) is 10.6. The minimum atomic E-state index is -0.145. The number of H-pyrrole nitrogens is 1. The summed E-state index contributed by atoms with van der Waals surface area (Å²) >= 11 is 0. The second-order valence-electron chi connectivity index (χ2n) is 9.65. The van der Waals surface area contributed by atoms with Crippen molar-refractivity contribution in [2.24, 2.45) is 0 Å². The van der Waals surface area contributed by atoms with Crippen LogP contribution in [-0.2, 0) is 26.2 Å². The molecule has 0 atom stereocenters. The largest absolute Gasteiger partial charge is 0.497 e. The number of fused-ring (bicyclic) bond motifs is 2. The van der Waals surface area contributed by atoms with Crippen LogP contribution in [-0.4, -0.2) is 44.0 Å². The van der Waals surface area contributed by atoms with Crippen molar-refractivity contribution in [2.75, 3.05) is 13.9 Å². The molecule has 0 fully saturated rings. The fourth-order valence-corrected chi connectivity index (χ4v) is 4.68. The Hall–Kier alpha value is -4.70. The minimum absolute atomic E-state index is 0.145. The second-order valence-corrected chi connectivity index (χ2v) is 9.65. The summed E-state index contributed by atoms with van der Waals surface area (Å²) in [6, 6.07) is 21.8. The van der Waals surface area contributed by atoms with Crippen molar-refractivity contribution in [3.63, 3.8) is 0 Å². The van der Waals surface area contributed by atoms with Crippen LogP contribution in [0.3, 0.4) is 0 Å². The van der Waals surface area contributed by atoms with Crippen LogP contribution in [0.2, 0.25) is 0 Å². The number of rotatable bonds is 9. The maximum absolute atomic E-state index is 13.1. The van der Waals surface area contributed by atoms with Gasteiger partial charge in [-0.15, -0.1) is 5.10 Å². The smallest absolute Gasteiger partial charge is 0.252 e. The molecule has 3 heterocycles. The summed E-state index contributed by atoms with van der Waals surface area (Å²) < 4.78 is 18.0. The van der Waals surface area contributed by atoms with Gasteiger partial charge in [-0.05, 0) is 52.7 Å². The normalized spacial score (nSPS) is 12.4. The van der Waals surface area contributed by atoms with Crippen molar-refractivity contribution in [2.45, 2.75) is 33.1 Å². The third kappa shape index (κ3) is 5.46. The summed E-state index contributed by atoms with van der Waals surface area (Å²) in [4.78, 5) is 18.3. The fourth-order valence-electron chi connectivity index (χ4n) is 4.68. The summed E-state index contributed by atoms with van der Waals surface area (Å²) in [5.74, 6) is 2.81. The van der Waals surface area contributed by atoms with Gasteiger partial charge >= 0.3 is 0 Å². The van der Waals surface area contributed by atoms with Crippen LogP contribution < -0.4 is 19.8 Å². The molecule has 10 nitrogen and oxygen atoms in total. The molecule has 0 unspecified atom stereocenters. The molecule has 0 saturated heterocycles. The summed E-state index contributed by atoms with van der Waals surface area (Å²) in [5, 5.41) is 13.4. The molecule has 5 aromatic rings. The number of aromatic amines is 1.